The van der Waals surface area contributed by atoms with Gasteiger partial charge in [0.05, 0.1) is 11.9 Å². The number of fused-ring (bicyclic) bond motifs is 1. The highest BCUT2D eigenvalue weighted by molar-refractivity contribution is 7.92. The van der Waals surface area contributed by atoms with Gasteiger partial charge in [-0.25, -0.2) is 13.2 Å². The van der Waals surface area contributed by atoms with Gasteiger partial charge in [-0.3, -0.25) is 4.31 Å². The Bertz CT molecular complexity index is 668. The van der Waals surface area contributed by atoms with Gasteiger partial charge in [0.25, 0.3) is 0 Å². The monoisotopic (exact) mass is 309 g/mol. The van der Waals surface area contributed by atoms with Crippen molar-refractivity contribution in [3.05, 3.63) is 23.8 Å². The number of benzene rings is 1. The van der Waals surface area contributed by atoms with Crippen LogP contribution in [0.15, 0.2) is 18.2 Å². The second-order valence-corrected chi connectivity index (χ2v) is 7.56. The van der Waals surface area contributed by atoms with Gasteiger partial charge in [0, 0.05) is 18.3 Å². The number of aryl methyl sites for hydroxylation is 1. The quantitative estimate of drug-likeness (QED) is 0.891. The second kappa shape index (κ2) is 5.22. The molecule has 6 nitrogen and oxygen atoms in total. The minimum Gasteiger partial charge on any atom is -0.335 e. The summed E-state index contributed by atoms with van der Waals surface area (Å²) in [5.41, 5.74) is 2.37. The second-order valence-electron chi connectivity index (χ2n) is 5.65. The summed E-state index contributed by atoms with van der Waals surface area (Å²) in [5, 5.41) is 5.66. The first kappa shape index (κ1) is 14.2. The number of amides is 2. The Labute approximate surface area is 124 Å². The fourth-order valence-corrected chi connectivity index (χ4v) is 3.56. The summed E-state index contributed by atoms with van der Waals surface area (Å²) >= 11 is 0. The predicted molar refractivity (Wildman–Crippen MR) is 82.1 cm³/mol. The van der Waals surface area contributed by atoms with E-state index in [1.54, 1.807) is 12.1 Å². The molecule has 2 amide bonds. The topological polar surface area (TPSA) is 78.5 Å². The Hall–Kier alpha value is -1.76. The fraction of sp³-hybridized carbons (Fsp3) is 0.500. The maximum absolute atomic E-state index is 11.8. The van der Waals surface area contributed by atoms with Gasteiger partial charge in [0.15, 0.2) is 0 Å². The molecule has 0 saturated heterocycles. The summed E-state index contributed by atoms with van der Waals surface area (Å²) in [6.07, 6.45) is 4.91. The van der Waals surface area contributed by atoms with Crippen LogP contribution in [0, 0.1) is 0 Å². The van der Waals surface area contributed by atoms with Crippen LogP contribution in [0.4, 0.5) is 16.2 Å². The van der Waals surface area contributed by atoms with Crippen molar-refractivity contribution in [2.45, 2.75) is 31.7 Å². The van der Waals surface area contributed by atoms with Gasteiger partial charge in [-0.05, 0) is 49.4 Å². The molecule has 1 fully saturated rings. The van der Waals surface area contributed by atoms with Gasteiger partial charge in [-0.1, -0.05) is 0 Å². The molecular weight excluding hydrogens is 290 g/mol. The van der Waals surface area contributed by atoms with Crippen LogP contribution >= 0.6 is 0 Å². The van der Waals surface area contributed by atoms with Crippen molar-refractivity contribution in [3.8, 4) is 0 Å². The number of rotatable bonds is 3. The Balaban J connectivity index is 1.79. The number of hydrogen-bond acceptors (Lipinski definition) is 3. The van der Waals surface area contributed by atoms with E-state index >= 15 is 0 Å². The van der Waals surface area contributed by atoms with Crippen molar-refractivity contribution in [2.75, 3.05) is 22.4 Å². The van der Waals surface area contributed by atoms with Crippen LogP contribution in [-0.4, -0.2) is 33.3 Å². The van der Waals surface area contributed by atoms with Gasteiger partial charge >= 0.3 is 6.03 Å². The number of nitrogens with one attached hydrogen (secondary N) is 2. The van der Waals surface area contributed by atoms with Crippen LogP contribution < -0.4 is 14.9 Å². The highest BCUT2D eigenvalue weighted by atomic mass is 32.2. The third-order valence-electron chi connectivity index (χ3n) is 3.73. The van der Waals surface area contributed by atoms with E-state index in [0.717, 1.165) is 36.9 Å². The molecule has 1 aliphatic heterocycles. The van der Waals surface area contributed by atoms with Crippen LogP contribution in [0.5, 0.6) is 0 Å². The van der Waals surface area contributed by atoms with Crippen LogP contribution in [0.3, 0.4) is 0 Å². The molecule has 3 rings (SSSR count). The lowest BCUT2D eigenvalue weighted by molar-refractivity contribution is 0.251. The number of hydrogen-bond donors (Lipinski definition) is 2. The van der Waals surface area contributed by atoms with E-state index in [1.807, 2.05) is 6.07 Å². The molecule has 1 aliphatic carbocycles. The number of nitrogens with zero attached hydrogens (tertiary/aromatic N) is 1. The Morgan fingerprint density at radius 3 is 2.76 bits per heavy atom. The summed E-state index contributed by atoms with van der Waals surface area (Å²) in [6.45, 7) is 0.515. The highest BCUT2D eigenvalue weighted by Gasteiger charge is 2.25. The first-order valence-corrected chi connectivity index (χ1v) is 8.96. The molecule has 0 radical (unpaired) electrons. The van der Waals surface area contributed by atoms with E-state index in [9.17, 15) is 13.2 Å². The fourth-order valence-electron chi connectivity index (χ4n) is 2.57. The molecule has 1 aromatic rings. The highest BCUT2D eigenvalue weighted by Crippen LogP contribution is 2.31. The summed E-state index contributed by atoms with van der Waals surface area (Å²) in [5.74, 6) is 0. The first-order chi connectivity index (χ1) is 9.93. The number of anilines is 2. The van der Waals surface area contributed by atoms with E-state index in [2.05, 4.69) is 10.6 Å². The molecule has 0 unspecified atom stereocenters. The molecule has 0 aromatic heterocycles. The SMILES string of the molecule is CS(=O)(=O)N1CCCc2cc(NC(=O)NC3CC3)ccc21. The lowest BCUT2D eigenvalue weighted by atomic mass is 10.0. The molecule has 1 heterocycles. The molecule has 2 N–H and O–H groups in total. The zero-order chi connectivity index (χ0) is 15.0. The molecule has 114 valence electrons. The van der Waals surface area contributed by atoms with E-state index in [4.69, 9.17) is 0 Å². The molecule has 0 atom stereocenters. The average Bonchev–Trinajstić information content (AvgIpc) is 3.20. The standard InChI is InChI=1S/C14H19N3O3S/c1-21(19,20)17-8-2-3-10-9-12(6-7-13(10)17)16-14(18)15-11-4-5-11/h6-7,9,11H,2-5,8H2,1H3,(H2,15,16,18). The van der Waals surface area contributed by atoms with E-state index in [0.29, 0.717) is 18.3 Å². The number of carbonyl (C=O) groups is 1. The minimum absolute atomic E-state index is 0.201. The van der Waals surface area contributed by atoms with Crippen LogP contribution in [0.25, 0.3) is 0 Å². The summed E-state index contributed by atoms with van der Waals surface area (Å²) in [6, 6.07) is 5.48. The van der Waals surface area contributed by atoms with Crippen molar-refractivity contribution in [2.24, 2.45) is 0 Å². The molecule has 0 spiro atoms. The number of urea groups is 1. The van der Waals surface area contributed by atoms with Gasteiger partial charge in [0.1, 0.15) is 0 Å². The van der Waals surface area contributed by atoms with E-state index in [1.165, 1.54) is 10.6 Å². The van der Waals surface area contributed by atoms with Crippen LogP contribution in [0.2, 0.25) is 0 Å². The van der Waals surface area contributed by atoms with Gasteiger partial charge in [-0.15, -0.1) is 0 Å². The maximum Gasteiger partial charge on any atom is 0.319 e. The van der Waals surface area contributed by atoms with E-state index in [-0.39, 0.29) is 6.03 Å². The van der Waals surface area contributed by atoms with Crippen molar-refractivity contribution in [1.29, 1.82) is 0 Å². The third kappa shape index (κ3) is 3.29. The van der Waals surface area contributed by atoms with Gasteiger partial charge in [0.2, 0.25) is 10.0 Å². The first-order valence-electron chi connectivity index (χ1n) is 7.11. The zero-order valence-electron chi connectivity index (χ0n) is 11.9. The van der Waals surface area contributed by atoms with E-state index < -0.39 is 10.0 Å². The normalized spacial score (nSPS) is 18.0. The maximum atomic E-state index is 11.8. The lowest BCUT2D eigenvalue weighted by Gasteiger charge is -2.29. The van der Waals surface area contributed by atoms with Crippen molar-refractivity contribution in [1.82, 2.24) is 5.32 Å². The summed E-state index contributed by atoms with van der Waals surface area (Å²) in [4.78, 5) is 11.7. The largest absolute Gasteiger partial charge is 0.335 e. The summed E-state index contributed by atoms with van der Waals surface area (Å²) < 4.78 is 25.0. The smallest absolute Gasteiger partial charge is 0.319 e. The van der Waals surface area contributed by atoms with Gasteiger partial charge in [-0.2, -0.15) is 0 Å². The molecule has 7 heteroatoms. The lowest BCUT2D eigenvalue weighted by Crippen LogP contribution is -2.34. The third-order valence-corrected chi connectivity index (χ3v) is 4.91. The van der Waals surface area contributed by atoms with Crippen LogP contribution in [0.1, 0.15) is 24.8 Å². The zero-order valence-corrected chi connectivity index (χ0v) is 12.7. The Morgan fingerprint density at radius 1 is 1.33 bits per heavy atom. The molecule has 1 saturated carbocycles. The molecular formula is C14H19N3O3S. The Morgan fingerprint density at radius 2 is 2.10 bits per heavy atom. The minimum atomic E-state index is -3.25. The predicted octanol–water partition coefficient (Wildman–Crippen LogP) is 1.68. The van der Waals surface area contributed by atoms with Crippen molar-refractivity contribution < 1.29 is 13.2 Å². The molecule has 21 heavy (non-hydrogen) atoms. The average molecular weight is 309 g/mol. The Kier molecular flexibility index (Phi) is 3.52. The number of sulfonamides is 1. The summed E-state index contributed by atoms with van der Waals surface area (Å²) in [7, 11) is -3.25. The number of carbonyl (C=O) groups excluding carboxylic acids is 1. The van der Waals surface area contributed by atoms with Crippen molar-refractivity contribution >= 4 is 27.4 Å². The van der Waals surface area contributed by atoms with Crippen molar-refractivity contribution in [3.63, 3.8) is 0 Å². The molecule has 2 aliphatic rings. The molecule has 1 aromatic carbocycles. The molecule has 0 bridgehead atoms. The van der Waals surface area contributed by atoms with Gasteiger partial charge < -0.3 is 10.6 Å². The van der Waals surface area contributed by atoms with Crippen LogP contribution in [-0.2, 0) is 16.4 Å².